The van der Waals surface area contributed by atoms with Gasteiger partial charge in [0.1, 0.15) is 5.75 Å². The zero-order valence-electron chi connectivity index (χ0n) is 9.59. The van der Waals surface area contributed by atoms with Gasteiger partial charge >= 0.3 is 0 Å². The molecular formula is C13H16BrClO. The van der Waals surface area contributed by atoms with Crippen LogP contribution in [0.15, 0.2) is 35.3 Å². The van der Waals surface area contributed by atoms with Crippen molar-refractivity contribution in [1.29, 1.82) is 0 Å². The monoisotopic (exact) mass is 302 g/mol. The number of alkyl halides is 1. The fourth-order valence-corrected chi connectivity index (χ4v) is 2.01. The molecular weight excluding hydrogens is 287 g/mol. The first-order valence-corrected chi connectivity index (χ1v) is 6.39. The van der Waals surface area contributed by atoms with Crippen molar-refractivity contribution in [1.82, 2.24) is 0 Å². The zero-order valence-corrected chi connectivity index (χ0v) is 11.9. The van der Waals surface area contributed by atoms with Crippen LogP contribution in [0.2, 0.25) is 0 Å². The number of halogens is 2. The number of rotatable bonds is 5. The smallest absolute Gasteiger partial charge is 0.119 e. The van der Waals surface area contributed by atoms with E-state index >= 15 is 0 Å². The number of allylic oxidation sites excluding steroid dienone is 1. The third kappa shape index (κ3) is 3.26. The van der Waals surface area contributed by atoms with E-state index in [1.54, 1.807) is 7.11 Å². The van der Waals surface area contributed by atoms with E-state index in [9.17, 15) is 0 Å². The van der Waals surface area contributed by atoms with Crippen LogP contribution >= 0.6 is 27.5 Å². The van der Waals surface area contributed by atoms with E-state index in [-0.39, 0.29) is 5.41 Å². The molecule has 0 saturated carbocycles. The minimum absolute atomic E-state index is 0.0869. The van der Waals surface area contributed by atoms with Crippen LogP contribution in [0.1, 0.15) is 12.5 Å². The predicted octanol–water partition coefficient (Wildman–Crippen LogP) is 4.43. The van der Waals surface area contributed by atoms with E-state index < -0.39 is 0 Å². The normalized spacial score (nSPS) is 14.2. The first kappa shape index (κ1) is 13.6. The Hall–Kier alpha value is -0.470. The van der Waals surface area contributed by atoms with E-state index in [4.69, 9.17) is 16.3 Å². The van der Waals surface area contributed by atoms with Gasteiger partial charge in [-0.05, 0) is 30.2 Å². The maximum absolute atomic E-state index is 5.97. The van der Waals surface area contributed by atoms with Crippen LogP contribution in [0.4, 0.5) is 0 Å². The van der Waals surface area contributed by atoms with Gasteiger partial charge in [-0.25, -0.2) is 0 Å². The number of benzene rings is 1. The Kier molecular flexibility index (Phi) is 4.88. The predicted molar refractivity (Wildman–Crippen MR) is 73.4 cm³/mol. The topological polar surface area (TPSA) is 9.23 Å². The summed E-state index contributed by atoms with van der Waals surface area (Å²) >= 11 is 9.50. The van der Waals surface area contributed by atoms with Crippen molar-refractivity contribution in [3.05, 3.63) is 40.9 Å². The van der Waals surface area contributed by atoms with E-state index in [2.05, 4.69) is 29.4 Å². The van der Waals surface area contributed by atoms with Crippen LogP contribution in [-0.2, 0) is 6.42 Å². The number of hydrogen-bond acceptors (Lipinski definition) is 1. The summed E-state index contributed by atoms with van der Waals surface area (Å²) in [6, 6.07) is 5.95. The molecule has 0 spiro atoms. The molecule has 0 amide bonds. The van der Waals surface area contributed by atoms with Gasteiger partial charge in [0.25, 0.3) is 0 Å². The Morgan fingerprint density at radius 3 is 2.75 bits per heavy atom. The second-order valence-electron chi connectivity index (χ2n) is 4.13. The standard InChI is InChI=1S/C13H16BrClO/c1-4-13(2,9-15)8-10-7-11(16-3)5-6-12(10)14/h4-7H,1,8-9H2,2-3H3. The molecule has 0 fully saturated rings. The molecule has 0 heterocycles. The fourth-order valence-electron chi connectivity index (χ4n) is 1.42. The number of hydrogen-bond donors (Lipinski definition) is 0. The van der Waals surface area contributed by atoms with Crippen molar-refractivity contribution in [2.45, 2.75) is 13.3 Å². The maximum Gasteiger partial charge on any atom is 0.119 e. The van der Waals surface area contributed by atoms with E-state index in [1.165, 1.54) is 5.56 Å². The van der Waals surface area contributed by atoms with Gasteiger partial charge in [-0.15, -0.1) is 18.2 Å². The van der Waals surface area contributed by atoms with Gasteiger partial charge in [0.15, 0.2) is 0 Å². The van der Waals surface area contributed by atoms with Crippen LogP contribution in [0, 0.1) is 5.41 Å². The third-order valence-electron chi connectivity index (χ3n) is 2.65. The minimum Gasteiger partial charge on any atom is -0.497 e. The van der Waals surface area contributed by atoms with Crippen LogP contribution in [-0.4, -0.2) is 13.0 Å². The van der Waals surface area contributed by atoms with Gasteiger partial charge in [0, 0.05) is 15.8 Å². The highest BCUT2D eigenvalue weighted by Crippen LogP contribution is 2.31. The lowest BCUT2D eigenvalue weighted by molar-refractivity contribution is 0.412. The Balaban J connectivity index is 2.99. The molecule has 16 heavy (non-hydrogen) atoms. The molecule has 1 nitrogen and oxygen atoms in total. The van der Waals surface area contributed by atoms with Crippen molar-refractivity contribution in [3.8, 4) is 5.75 Å². The van der Waals surface area contributed by atoms with Gasteiger partial charge in [0.05, 0.1) is 7.11 Å². The average Bonchev–Trinajstić information content (AvgIpc) is 2.32. The second kappa shape index (κ2) is 5.74. The minimum atomic E-state index is -0.0869. The molecule has 0 bridgehead atoms. The van der Waals surface area contributed by atoms with Gasteiger partial charge in [0.2, 0.25) is 0 Å². The molecule has 1 unspecified atom stereocenters. The average molecular weight is 304 g/mol. The third-order valence-corrected chi connectivity index (χ3v) is 4.03. The largest absolute Gasteiger partial charge is 0.497 e. The summed E-state index contributed by atoms with van der Waals surface area (Å²) in [6.45, 7) is 5.94. The molecule has 0 aliphatic heterocycles. The molecule has 1 rings (SSSR count). The summed E-state index contributed by atoms with van der Waals surface area (Å²) in [5.41, 5.74) is 1.10. The Labute approximate surface area is 111 Å². The lowest BCUT2D eigenvalue weighted by Gasteiger charge is -2.23. The first-order chi connectivity index (χ1) is 7.54. The van der Waals surface area contributed by atoms with Crippen LogP contribution in [0.5, 0.6) is 5.75 Å². The summed E-state index contributed by atoms with van der Waals surface area (Å²) < 4.78 is 6.29. The van der Waals surface area contributed by atoms with Crippen LogP contribution in [0.25, 0.3) is 0 Å². The summed E-state index contributed by atoms with van der Waals surface area (Å²) in [5, 5.41) is 0. The zero-order chi connectivity index (χ0) is 12.2. The SMILES string of the molecule is C=CC(C)(CCl)Cc1cc(OC)ccc1Br. The first-order valence-electron chi connectivity index (χ1n) is 5.06. The van der Waals surface area contributed by atoms with Crippen molar-refractivity contribution in [3.63, 3.8) is 0 Å². The molecule has 0 radical (unpaired) electrons. The Morgan fingerprint density at radius 2 is 2.25 bits per heavy atom. The molecule has 1 aromatic carbocycles. The molecule has 1 atom stereocenters. The Bertz CT molecular complexity index is 378. The summed E-state index contributed by atoms with van der Waals surface area (Å²) in [7, 11) is 1.67. The number of methoxy groups -OCH3 is 1. The van der Waals surface area contributed by atoms with E-state index in [0.717, 1.165) is 16.6 Å². The van der Waals surface area contributed by atoms with E-state index in [0.29, 0.717) is 5.88 Å². The van der Waals surface area contributed by atoms with Gasteiger partial charge in [-0.3, -0.25) is 0 Å². The molecule has 0 N–H and O–H groups in total. The highest BCUT2D eigenvalue weighted by atomic mass is 79.9. The van der Waals surface area contributed by atoms with Crippen molar-refractivity contribution >= 4 is 27.5 Å². The van der Waals surface area contributed by atoms with Crippen molar-refractivity contribution < 1.29 is 4.74 Å². The fraction of sp³-hybridized carbons (Fsp3) is 0.385. The summed E-state index contributed by atoms with van der Waals surface area (Å²) in [6.07, 6.45) is 2.75. The van der Waals surface area contributed by atoms with Crippen molar-refractivity contribution in [2.24, 2.45) is 5.41 Å². The van der Waals surface area contributed by atoms with E-state index in [1.807, 2.05) is 24.3 Å². The lowest BCUT2D eigenvalue weighted by atomic mass is 9.86. The molecule has 0 aromatic heterocycles. The van der Waals surface area contributed by atoms with Gasteiger partial charge in [-0.1, -0.05) is 28.9 Å². The van der Waals surface area contributed by atoms with Crippen LogP contribution in [0.3, 0.4) is 0 Å². The molecule has 1 aromatic rings. The maximum atomic E-state index is 5.97. The quantitative estimate of drug-likeness (QED) is 0.577. The second-order valence-corrected chi connectivity index (χ2v) is 5.25. The van der Waals surface area contributed by atoms with Gasteiger partial charge in [-0.2, -0.15) is 0 Å². The van der Waals surface area contributed by atoms with Gasteiger partial charge < -0.3 is 4.74 Å². The highest BCUT2D eigenvalue weighted by Gasteiger charge is 2.21. The Morgan fingerprint density at radius 1 is 1.56 bits per heavy atom. The van der Waals surface area contributed by atoms with Crippen LogP contribution < -0.4 is 4.74 Å². The summed E-state index contributed by atoms with van der Waals surface area (Å²) in [5.74, 6) is 1.42. The molecule has 0 aliphatic carbocycles. The molecule has 88 valence electrons. The molecule has 0 saturated heterocycles. The highest BCUT2D eigenvalue weighted by molar-refractivity contribution is 9.10. The summed E-state index contributed by atoms with van der Waals surface area (Å²) in [4.78, 5) is 0. The lowest BCUT2D eigenvalue weighted by Crippen LogP contribution is -2.18. The molecule has 3 heteroatoms. The number of ether oxygens (including phenoxy) is 1. The van der Waals surface area contributed by atoms with Crippen molar-refractivity contribution in [2.75, 3.05) is 13.0 Å². The molecule has 0 aliphatic rings.